The van der Waals surface area contributed by atoms with Crippen LogP contribution in [0.25, 0.3) is 0 Å². The Bertz CT molecular complexity index is 357. The van der Waals surface area contributed by atoms with E-state index < -0.39 is 0 Å². The van der Waals surface area contributed by atoms with E-state index in [1.165, 1.54) is 31.4 Å². The summed E-state index contributed by atoms with van der Waals surface area (Å²) in [5, 5.41) is 8.01. The lowest BCUT2D eigenvalue weighted by Crippen LogP contribution is -2.35. The fraction of sp³-hybridized carbons (Fsp3) is 0.600. The van der Waals surface area contributed by atoms with Crippen LogP contribution in [0.2, 0.25) is 5.02 Å². The quantitative estimate of drug-likeness (QED) is 0.852. The van der Waals surface area contributed by atoms with E-state index in [9.17, 15) is 0 Å². The molecule has 1 heterocycles. The monoisotopic (exact) mass is 266 g/mol. The second kappa shape index (κ2) is 6.55. The second-order valence-corrected chi connectivity index (χ2v) is 5.81. The third-order valence-corrected chi connectivity index (χ3v) is 3.96. The molecule has 100 valence electrons. The van der Waals surface area contributed by atoms with Crippen molar-refractivity contribution in [1.82, 2.24) is 10.6 Å². The minimum atomic E-state index is 0.374. The molecule has 0 amide bonds. The van der Waals surface area contributed by atoms with E-state index in [4.69, 9.17) is 11.6 Å². The predicted octanol–water partition coefficient (Wildman–Crippen LogP) is 3.52. The molecule has 2 nitrogen and oxygen atoms in total. The van der Waals surface area contributed by atoms with Crippen molar-refractivity contribution in [2.45, 2.75) is 51.2 Å². The molecule has 2 rings (SSSR count). The number of nitrogens with one attached hydrogen (secondary N) is 2. The molecule has 0 saturated carbocycles. The molecule has 1 aliphatic heterocycles. The summed E-state index contributed by atoms with van der Waals surface area (Å²) in [7, 11) is 0. The van der Waals surface area contributed by atoms with Crippen LogP contribution in [0, 0.1) is 0 Å². The number of halogens is 1. The smallest absolute Gasteiger partial charge is 0.0406 e. The van der Waals surface area contributed by atoms with Gasteiger partial charge in [0.1, 0.15) is 0 Å². The molecule has 18 heavy (non-hydrogen) atoms. The normalized spacial score (nSPS) is 22.9. The predicted molar refractivity (Wildman–Crippen MR) is 78.1 cm³/mol. The molecule has 1 aromatic carbocycles. The summed E-state index contributed by atoms with van der Waals surface area (Å²) in [4.78, 5) is 0. The van der Waals surface area contributed by atoms with Gasteiger partial charge in [-0.3, -0.25) is 0 Å². The van der Waals surface area contributed by atoms with Gasteiger partial charge < -0.3 is 10.6 Å². The Hall–Kier alpha value is -0.570. The molecular formula is C15H23ClN2. The highest BCUT2D eigenvalue weighted by Gasteiger charge is 2.18. The molecular weight excluding hydrogens is 244 g/mol. The Balaban J connectivity index is 1.82. The van der Waals surface area contributed by atoms with E-state index in [1.54, 1.807) is 0 Å². The average molecular weight is 267 g/mol. The SMILES string of the molecule is CC(CC1CCCN1)N[C@@H](C)c1ccc(Cl)cc1. The van der Waals surface area contributed by atoms with Crippen LogP contribution in [0.15, 0.2) is 24.3 Å². The zero-order valence-corrected chi connectivity index (χ0v) is 12.0. The van der Waals surface area contributed by atoms with Gasteiger partial charge in [-0.15, -0.1) is 0 Å². The molecule has 2 N–H and O–H groups in total. The molecule has 1 aliphatic rings. The lowest BCUT2D eigenvalue weighted by Gasteiger charge is -2.23. The number of hydrogen-bond acceptors (Lipinski definition) is 2. The van der Waals surface area contributed by atoms with Gasteiger partial charge >= 0.3 is 0 Å². The Labute approximate surface area is 115 Å². The fourth-order valence-electron chi connectivity index (χ4n) is 2.73. The van der Waals surface area contributed by atoms with Gasteiger partial charge in [0.15, 0.2) is 0 Å². The fourth-order valence-corrected chi connectivity index (χ4v) is 2.85. The van der Waals surface area contributed by atoms with Gasteiger partial charge in [0.05, 0.1) is 0 Å². The van der Waals surface area contributed by atoms with Crippen LogP contribution in [0.5, 0.6) is 0 Å². The molecule has 3 heteroatoms. The van der Waals surface area contributed by atoms with Crippen molar-refractivity contribution in [3.8, 4) is 0 Å². The highest BCUT2D eigenvalue weighted by atomic mass is 35.5. The summed E-state index contributed by atoms with van der Waals surface area (Å²) in [5.41, 5.74) is 1.30. The third kappa shape index (κ3) is 3.98. The van der Waals surface area contributed by atoms with E-state index in [-0.39, 0.29) is 0 Å². The van der Waals surface area contributed by atoms with Crippen molar-refractivity contribution >= 4 is 11.6 Å². The summed E-state index contributed by atoms with van der Waals surface area (Å²) < 4.78 is 0. The first-order valence-electron chi connectivity index (χ1n) is 6.90. The van der Waals surface area contributed by atoms with Crippen molar-refractivity contribution in [2.24, 2.45) is 0 Å². The maximum Gasteiger partial charge on any atom is 0.0406 e. The van der Waals surface area contributed by atoms with Crippen LogP contribution in [-0.2, 0) is 0 Å². The maximum atomic E-state index is 5.91. The highest BCUT2D eigenvalue weighted by Crippen LogP contribution is 2.18. The van der Waals surface area contributed by atoms with Crippen LogP contribution in [0.3, 0.4) is 0 Å². The number of rotatable bonds is 5. The van der Waals surface area contributed by atoms with Gasteiger partial charge in [-0.2, -0.15) is 0 Å². The average Bonchev–Trinajstić information content (AvgIpc) is 2.82. The van der Waals surface area contributed by atoms with Crippen LogP contribution >= 0.6 is 11.6 Å². The Morgan fingerprint density at radius 1 is 1.33 bits per heavy atom. The van der Waals surface area contributed by atoms with Gasteiger partial charge in [0, 0.05) is 23.1 Å². The van der Waals surface area contributed by atoms with Crippen molar-refractivity contribution in [3.05, 3.63) is 34.9 Å². The van der Waals surface area contributed by atoms with Crippen LogP contribution in [0.4, 0.5) is 0 Å². The van der Waals surface area contributed by atoms with Crippen LogP contribution in [-0.4, -0.2) is 18.6 Å². The number of benzene rings is 1. The zero-order valence-electron chi connectivity index (χ0n) is 11.2. The molecule has 3 atom stereocenters. The molecule has 0 spiro atoms. The Kier molecular flexibility index (Phi) is 5.04. The summed E-state index contributed by atoms with van der Waals surface area (Å²) in [5.74, 6) is 0. The van der Waals surface area contributed by atoms with E-state index in [0.717, 1.165) is 5.02 Å². The van der Waals surface area contributed by atoms with Crippen LogP contribution in [0.1, 0.15) is 44.7 Å². The lowest BCUT2D eigenvalue weighted by atomic mass is 10.0. The zero-order chi connectivity index (χ0) is 13.0. The van der Waals surface area contributed by atoms with E-state index in [2.05, 4.69) is 36.6 Å². The molecule has 0 aromatic heterocycles. The summed E-state index contributed by atoms with van der Waals surface area (Å²) in [6.45, 7) is 5.67. The first-order valence-corrected chi connectivity index (χ1v) is 7.28. The van der Waals surface area contributed by atoms with Gasteiger partial charge in [-0.25, -0.2) is 0 Å². The topological polar surface area (TPSA) is 24.1 Å². The summed E-state index contributed by atoms with van der Waals surface area (Å²) >= 11 is 5.91. The standard InChI is InChI=1S/C15H23ClN2/c1-11(10-15-4-3-9-17-15)18-12(2)13-5-7-14(16)8-6-13/h5-8,11-12,15,17-18H,3-4,9-10H2,1-2H3/t11?,12-,15?/m0/s1. The Morgan fingerprint density at radius 3 is 2.67 bits per heavy atom. The maximum absolute atomic E-state index is 5.91. The van der Waals surface area contributed by atoms with Crippen LogP contribution < -0.4 is 10.6 Å². The first kappa shape index (κ1) is 13.9. The molecule has 1 aromatic rings. The lowest BCUT2D eigenvalue weighted by molar-refractivity contribution is 0.407. The third-order valence-electron chi connectivity index (χ3n) is 3.70. The van der Waals surface area contributed by atoms with Crippen molar-refractivity contribution in [1.29, 1.82) is 0 Å². The van der Waals surface area contributed by atoms with E-state index >= 15 is 0 Å². The van der Waals surface area contributed by atoms with Gasteiger partial charge in [0.2, 0.25) is 0 Å². The highest BCUT2D eigenvalue weighted by molar-refractivity contribution is 6.30. The largest absolute Gasteiger partial charge is 0.314 e. The van der Waals surface area contributed by atoms with Crippen molar-refractivity contribution in [2.75, 3.05) is 6.54 Å². The molecule has 1 fully saturated rings. The van der Waals surface area contributed by atoms with Gasteiger partial charge in [0.25, 0.3) is 0 Å². The minimum Gasteiger partial charge on any atom is -0.314 e. The van der Waals surface area contributed by atoms with Gasteiger partial charge in [-0.05, 0) is 57.4 Å². The number of hydrogen-bond donors (Lipinski definition) is 2. The van der Waals surface area contributed by atoms with Gasteiger partial charge in [-0.1, -0.05) is 23.7 Å². The Morgan fingerprint density at radius 2 is 2.06 bits per heavy atom. The molecule has 0 aliphatic carbocycles. The summed E-state index contributed by atoms with van der Waals surface area (Å²) in [6, 6.07) is 9.72. The van der Waals surface area contributed by atoms with E-state index in [1.807, 2.05) is 12.1 Å². The molecule has 0 bridgehead atoms. The molecule has 1 saturated heterocycles. The van der Waals surface area contributed by atoms with E-state index in [0.29, 0.717) is 18.1 Å². The van der Waals surface area contributed by atoms with Crippen molar-refractivity contribution in [3.63, 3.8) is 0 Å². The molecule has 2 unspecified atom stereocenters. The van der Waals surface area contributed by atoms with Crippen molar-refractivity contribution < 1.29 is 0 Å². The first-order chi connectivity index (χ1) is 8.65. The molecule has 0 radical (unpaired) electrons. The second-order valence-electron chi connectivity index (χ2n) is 5.37. The summed E-state index contributed by atoms with van der Waals surface area (Å²) in [6.07, 6.45) is 3.85. The minimum absolute atomic E-state index is 0.374.